The molecule has 1 fully saturated rings. The van der Waals surface area contributed by atoms with Crippen molar-refractivity contribution in [1.82, 2.24) is 10.2 Å². The van der Waals surface area contributed by atoms with Crippen LogP contribution in [0.2, 0.25) is 5.02 Å². The molecule has 2 amide bonds. The van der Waals surface area contributed by atoms with Crippen LogP contribution in [0.5, 0.6) is 11.5 Å². The van der Waals surface area contributed by atoms with Crippen LogP contribution in [0, 0.1) is 10.1 Å². The zero-order chi connectivity index (χ0) is 28.3. The lowest BCUT2D eigenvalue weighted by atomic mass is 10.0. The number of halogens is 2. The highest BCUT2D eigenvalue weighted by Gasteiger charge is 2.39. The minimum absolute atomic E-state index is 0.0359. The van der Waals surface area contributed by atoms with Crippen LogP contribution < -0.4 is 10.1 Å². The third kappa shape index (κ3) is 7.27. The van der Waals surface area contributed by atoms with Gasteiger partial charge in [0.25, 0.3) is 5.91 Å². The Bertz CT molecular complexity index is 1380. The first-order valence-electron chi connectivity index (χ1n) is 12.2. The third-order valence-corrected chi connectivity index (χ3v) is 6.74. The van der Waals surface area contributed by atoms with E-state index in [1.165, 1.54) is 18.2 Å². The molecule has 1 aliphatic heterocycles. The van der Waals surface area contributed by atoms with Gasteiger partial charge in [-0.25, -0.2) is 4.79 Å². The number of nitro groups is 1. The minimum Gasteiger partial charge on any atom is -0.450 e. The van der Waals surface area contributed by atoms with Crippen molar-refractivity contribution in [2.75, 3.05) is 6.54 Å². The van der Waals surface area contributed by atoms with Gasteiger partial charge >= 0.3 is 11.8 Å². The molecule has 0 spiro atoms. The number of nitrogens with one attached hydrogen (secondary N) is 1. The van der Waals surface area contributed by atoms with Crippen LogP contribution in [0.25, 0.3) is 0 Å². The maximum atomic E-state index is 13.0. The fraction of sp³-hybridized carbons (Fsp3) is 0.286. The summed E-state index contributed by atoms with van der Waals surface area (Å²) in [6.45, 7) is 5.73. The molecule has 204 valence electrons. The number of nitro benzene ring substituents is 1. The topological polar surface area (TPSA) is 111 Å². The molecule has 0 aromatic heterocycles. The molecule has 1 saturated heterocycles. The van der Waals surface area contributed by atoms with Gasteiger partial charge in [0.1, 0.15) is 11.4 Å². The van der Waals surface area contributed by atoms with Gasteiger partial charge in [0.15, 0.2) is 0 Å². The molecule has 4 rings (SSSR count). The second kappa shape index (κ2) is 11.6. The summed E-state index contributed by atoms with van der Waals surface area (Å²) in [6, 6.07) is 17.5. The highest BCUT2D eigenvalue weighted by Crippen LogP contribution is 2.35. The number of amides is 2. The summed E-state index contributed by atoms with van der Waals surface area (Å²) >= 11 is 9.30. The van der Waals surface area contributed by atoms with Crippen LogP contribution in [-0.4, -0.2) is 40.0 Å². The summed E-state index contributed by atoms with van der Waals surface area (Å²) in [6.07, 6.45) is 0.0820. The van der Waals surface area contributed by atoms with Crippen molar-refractivity contribution in [3.05, 3.63) is 97.5 Å². The summed E-state index contributed by atoms with van der Waals surface area (Å²) in [7, 11) is 0. The average Bonchev–Trinajstić information content (AvgIpc) is 3.29. The summed E-state index contributed by atoms with van der Waals surface area (Å²) in [5.41, 5.74) is 0.404. The number of ether oxygens (including phenoxy) is 2. The van der Waals surface area contributed by atoms with Gasteiger partial charge in [-0.05, 0) is 81.3 Å². The zero-order valence-corrected chi connectivity index (χ0v) is 23.9. The van der Waals surface area contributed by atoms with E-state index >= 15 is 0 Å². The van der Waals surface area contributed by atoms with Gasteiger partial charge in [-0.15, -0.1) is 0 Å². The highest BCUT2D eigenvalue weighted by molar-refractivity contribution is 9.10. The molecule has 39 heavy (non-hydrogen) atoms. The normalized spacial score (nSPS) is 17.0. The number of likely N-dealkylation sites (tertiary alicyclic amines) is 1. The Balaban J connectivity index is 1.46. The summed E-state index contributed by atoms with van der Waals surface area (Å²) in [4.78, 5) is 38.4. The van der Waals surface area contributed by atoms with Gasteiger partial charge in [-0.1, -0.05) is 39.7 Å². The first kappa shape index (κ1) is 28.4. The molecule has 0 saturated carbocycles. The largest absolute Gasteiger partial charge is 0.450 e. The first-order valence-corrected chi connectivity index (χ1v) is 13.3. The van der Waals surface area contributed by atoms with E-state index in [0.29, 0.717) is 24.3 Å². The molecule has 1 N–H and O–H groups in total. The van der Waals surface area contributed by atoms with Gasteiger partial charge in [0, 0.05) is 33.7 Å². The SMILES string of the molecule is CC(C)(C)OC(=O)N1CC(NC(=O)c2ccc(Oc3ccc(Cl)cc3[N+](=O)[O-])cc2)CC1c1ccc(Br)cc1. The maximum Gasteiger partial charge on any atom is 0.410 e. The number of benzene rings is 3. The van der Waals surface area contributed by atoms with Crippen molar-refractivity contribution >= 4 is 45.2 Å². The Hall–Kier alpha value is -3.63. The van der Waals surface area contributed by atoms with Crippen LogP contribution in [0.15, 0.2) is 71.2 Å². The van der Waals surface area contributed by atoms with Crippen LogP contribution >= 0.6 is 27.5 Å². The second-order valence-electron chi connectivity index (χ2n) is 10.1. The number of hydrogen-bond acceptors (Lipinski definition) is 6. The van der Waals surface area contributed by atoms with E-state index in [4.69, 9.17) is 21.1 Å². The van der Waals surface area contributed by atoms with Crippen LogP contribution in [0.1, 0.15) is 49.2 Å². The molecule has 0 aliphatic carbocycles. The van der Waals surface area contributed by atoms with Crippen molar-refractivity contribution in [2.45, 2.75) is 44.9 Å². The molecule has 0 radical (unpaired) electrons. The summed E-state index contributed by atoms with van der Waals surface area (Å²) < 4.78 is 12.2. The van der Waals surface area contributed by atoms with E-state index in [1.807, 2.05) is 45.0 Å². The van der Waals surface area contributed by atoms with E-state index in [2.05, 4.69) is 21.2 Å². The Morgan fingerprint density at radius 1 is 1.08 bits per heavy atom. The van der Waals surface area contributed by atoms with Crippen molar-refractivity contribution < 1.29 is 24.0 Å². The average molecular weight is 617 g/mol. The molecular weight excluding hydrogens is 590 g/mol. The predicted molar refractivity (Wildman–Crippen MR) is 150 cm³/mol. The van der Waals surface area contributed by atoms with Crippen LogP contribution in [0.4, 0.5) is 10.5 Å². The lowest BCUT2D eigenvalue weighted by molar-refractivity contribution is -0.385. The summed E-state index contributed by atoms with van der Waals surface area (Å²) in [5.74, 6) is 0.0441. The molecular formula is C28H27BrClN3O6. The number of carbonyl (C=O) groups is 2. The second-order valence-corrected chi connectivity index (χ2v) is 11.5. The van der Waals surface area contributed by atoms with Crippen LogP contribution in [-0.2, 0) is 4.74 Å². The molecule has 1 heterocycles. The molecule has 9 nitrogen and oxygen atoms in total. The van der Waals surface area contributed by atoms with Crippen molar-refractivity contribution in [3.63, 3.8) is 0 Å². The Kier molecular flexibility index (Phi) is 8.46. The molecule has 11 heteroatoms. The molecule has 3 aromatic carbocycles. The Morgan fingerprint density at radius 2 is 1.74 bits per heavy atom. The van der Waals surface area contributed by atoms with Gasteiger partial charge in [-0.2, -0.15) is 0 Å². The lowest BCUT2D eigenvalue weighted by Gasteiger charge is -2.28. The molecule has 2 atom stereocenters. The number of carbonyl (C=O) groups excluding carboxylic acids is 2. The van der Waals surface area contributed by atoms with E-state index in [1.54, 1.807) is 29.2 Å². The van der Waals surface area contributed by atoms with E-state index in [9.17, 15) is 19.7 Å². The molecule has 1 aliphatic rings. The lowest BCUT2D eigenvalue weighted by Crippen LogP contribution is -2.40. The first-order chi connectivity index (χ1) is 18.4. The monoisotopic (exact) mass is 615 g/mol. The highest BCUT2D eigenvalue weighted by atomic mass is 79.9. The standard InChI is InChI=1S/C28H27BrClN3O6/c1-28(2,3)39-27(35)32-16-21(15-23(32)17-4-8-19(29)9-5-17)31-26(34)18-6-11-22(12-7-18)38-25-13-10-20(30)14-24(25)33(36)37/h4-14,21,23H,15-16H2,1-3H3,(H,31,34). The number of rotatable bonds is 6. The molecule has 2 unspecified atom stereocenters. The maximum absolute atomic E-state index is 13.0. The van der Waals surface area contributed by atoms with Gasteiger partial charge < -0.3 is 14.8 Å². The number of hydrogen-bond donors (Lipinski definition) is 1. The Morgan fingerprint density at radius 3 is 2.36 bits per heavy atom. The van der Waals surface area contributed by atoms with E-state index in [0.717, 1.165) is 10.0 Å². The van der Waals surface area contributed by atoms with E-state index < -0.39 is 16.6 Å². The molecule has 3 aromatic rings. The molecule has 0 bridgehead atoms. The van der Waals surface area contributed by atoms with Crippen molar-refractivity contribution in [3.8, 4) is 11.5 Å². The van der Waals surface area contributed by atoms with Crippen molar-refractivity contribution in [1.29, 1.82) is 0 Å². The fourth-order valence-electron chi connectivity index (χ4n) is 4.25. The predicted octanol–water partition coefficient (Wildman–Crippen LogP) is 7.28. The summed E-state index contributed by atoms with van der Waals surface area (Å²) in [5, 5.41) is 14.5. The quantitative estimate of drug-likeness (QED) is 0.230. The minimum atomic E-state index is -0.654. The zero-order valence-electron chi connectivity index (χ0n) is 21.5. The fourth-order valence-corrected chi connectivity index (χ4v) is 4.68. The van der Waals surface area contributed by atoms with Gasteiger partial charge in [0.2, 0.25) is 5.75 Å². The van der Waals surface area contributed by atoms with Gasteiger partial charge in [0.05, 0.1) is 11.0 Å². The van der Waals surface area contributed by atoms with Crippen LogP contribution in [0.3, 0.4) is 0 Å². The van der Waals surface area contributed by atoms with Gasteiger partial charge in [-0.3, -0.25) is 19.8 Å². The number of nitrogens with zero attached hydrogens (tertiary/aromatic N) is 2. The van der Waals surface area contributed by atoms with E-state index in [-0.39, 0.29) is 34.5 Å². The smallest absolute Gasteiger partial charge is 0.410 e. The third-order valence-electron chi connectivity index (χ3n) is 5.98. The van der Waals surface area contributed by atoms with Crippen molar-refractivity contribution in [2.24, 2.45) is 0 Å². The Labute approximate surface area is 239 Å².